The fraction of sp³-hybridized carbons (Fsp3) is 0.417. The van der Waals surface area contributed by atoms with Crippen LogP contribution in [0, 0.1) is 0 Å². The summed E-state index contributed by atoms with van der Waals surface area (Å²) >= 11 is 12.5. The highest BCUT2D eigenvalue weighted by atomic mass is 35.5. The van der Waals surface area contributed by atoms with Crippen LogP contribution in [-0.2, 0) is 15.7 Å². The monoisotopic (exact) mass is 366 g/mol. The Hall–Kier alpha value is -0.380. The van der Waals surface area contributed by atoms with Crippen LogP contribution in [0.5, 0.6) is 0 Å². The zero-order valence-electron chi connectivity index (χ0n) is 11.5. The van der Waals surface area contributed by atoms with Crippen molar-refractivity contribution in [3.05, 3.63) is 28.8 Å². The van der Waals surface area contributed by atoms with Crippen LogP contribution in [0.25, 0.3) is 0 Å². The van der Waals surface area contributed by atoms with E-state index in [1.807, 2.05) is 0 Å². The summed E-state index contributed by atoms with van der Waals surface area (Å²) in [4.78, 5) is 1.51. The van der Waals surface area contributed by atoms with Crippen molar-refractivity contribution in [2.45, 2.75) is 17.5 Å². The third-order valence-electron chi connectivity index (χ3n) is 3.24. The Kier molecular flexibility index (Phi) is 4.87. The smallest absolute Gasteiger partial charge is 0.242 e. The van der Waals surface area contributed by atoms with Gasteiger partial charge < -0.3 is 10.0 Å². The second-order valence-electron chi connectivity index (χ2n) is 4.58. The molecule has 1 aliphatic heterocycles. The van der Waals surface area contributed by atoms with Gasteiger partial charge in [0.05, 0.1) is 10.8 Å². The molecule has 2 N–H and O–H groups in total. The van der Waals surface area contributed by atoms with Crippen molar-refractivity contribution >= 4 is 49.9 Å². The lowest BCUT2D eigenvalue weighted by Gasteiger charge is -2.31. The maximum absolute atomic E-state index is 12.1. The first-order valence-electron chi connectivity index (χ1n) is 6.15. The standard InChI is InChI=1S/C12H15ClN2O3S3/c1-3-14-21(17,18)10-6-8(4-5-9(10)13)12(16)7-20-11(19)15(12)2/h4-6,14,16H,3,7H2,1-2H3. The van der Waals surface area contributed by atoms with Gasteiger partial charge in [0, 0.05) is 19.2 Å². The molecular weight excluding hydrogens is 352 g/mol. The van der Waals surface area contributed by atoms with Gasteiger partial charge in [0.25, 0.3) is 0 Å². The van der Waals surface area contributed by atoms with Gasteiger partial charge in [0.2, 0.25) is 10.0 Å². The van der Waals surface area contributed by atoms with Crippen molar-refractivity contribution in [2.24, 2.45) is 0 Å². The molecule has 21 heavy (non-hydrogen) atoms. The van der Waals surface area contributed by atoms with E-state index in [0.717, 1.165) is 0 Å². The summed E-state index contributed by atoms with van der Waals surface area (Å²) in [6.45, 7) is 1.94. The predicted octanol–water partition coefficient (Wildman–Crippen LogP) is 1.75. The fourth-order valence-electron chi connectivity index (χ4n) is 2.01. The average molecular weight is 367 g/mol. The summed E-state index contributed by atoms with van der Waals surface area (Å²) in [5.41, 5.74) is -0.888. The number of sulfonamides is 1. The van der Waals surface area contributed by atoms with Crippen LogP contribution in [0.15, 0.2) is 23.1 Å². The van der Waals surface area contributed by atoms with Gasteiger partial charge in [-0.3, -0.25) is 0 Å². The largest absolute Gasteiger partial charge is 0.366 e. The molecule has 1 fully saturated rings. The molecule has 2 rings (SSSR count). The van der Waals surface area contributed by atoms with Crippen molar-refractivity contribution in [3.63, 3.8) is 0 Å². The molecule has 1 aromatic rings. The van der Waals surface area contributed by atoms with Gasteiger partial charge in [-0.05, 0) is 12.1 Å². The Balaban J connectivity index is 2.52. The summed E-state index contributed by atoms with van der Waals surface area (Å²) in [7, 11) is -2.03. The minimum atomic E-state index is -3.70. The van der Waals surface area contributed by atoms with Crippen molar-refractivity contribution in [2.75, 3.05) is 19.3 Å². The van der Waals surface area contributed by atoms with Crippen molar-refractivity contribution in [1.29, 1.82) is 0 Å². The van der Waals surface area contributed by atoms with E-state index >= 15 is 0 Å². The Morgan fingerprint density at radius 2 is 2.24 bits per heavy atom. The Bertz CT molecular complexity index is 680. The second-order valence-corrected chi connectivity index (χ2v) is 8.33. The Labute approximate surface area is 138 Å². The summed E-state index contributed by atoms with van der Waals surface area (Å²) in [6, 6.07) is 4.47. The molecule has 0 radical (unpaired) electrons. The van der Waals surface area contributed by atoms with E-state index in [-0.39, 0.29) is 16.5 Å². The number of benzene rings is 1. The molecule has 5 nitrogen and oxygen atoms in total. The van der Waals surface area contributed by atoms with Gasteiger partial charge in [-0.15, -0.1) is 0 Å². The lowest BCUT2D eigenvalue weighted by atomic mass is 10.0. The number of hydrogen-bond donors (Lipinski definition) is 2. The van der Waals surface area contributed by atoms with Crippen LogP contribution in [0.3, 0.4) is 0 Å². The first-order chi connectivity index (χ1) is 9.72. The molecule has 116 valence electrons. The molecule has 0 aromatic heterocycles. The third kappa shape index (κ3) is 3.06. The average Bonchev–Trinajstić information content (AvgIpc) is 2.68. The minimum absolute atomic E-state index is 0.0480. The molecule has 1 atom stereocenters. The van der Waals surface area contributed by atoms with Crippen LogP contribution in [-0.4, -0.2) is 42.1 Å². The number of rotatable bonds is 4. The van der Waals surface area contributed by atoms with Crippen LogP contribution >= 0.6 is 35.6 Å². The second kappa shape index (κ2) is 6.02. The molecule has 0 spiro atoms. The lowest BCUT2D eigenvalue weighted by Crippen LogP contribution is -2.42. The number of hydrogen-bond acceptors (Lipinski definition) is 5. The number of nitrogens with one attached hydrogen (secondary N) is 1. The van der Waals surface area contributed by atoms with E-state index in [2.05, 4.69) is 4.72 Å². The SMILES string of the molecule is CCNS(=O)(=O)c1cc(C2(O)CSC(=S)N2C)ccc1Cl. The molecule has 1 saturated heterocycles. The van der Waals surface area contributed by atoms with Gasteiger partial charge in [0.15, 0.2) is 5.72 Å². The van der Waals surface area contributed by atoms with Crippen LogP contribution in [0.1, 0.15) is 12.5 Å². The zero-order chi connectivity index (χ0) is 15.8. The van der Waals surface area contributed by atoms with E-state index < -0.39 is 15.7 Å². The highest BCUT2D eigenvalue weighted by Crippen LogP contribution is 2.39. The molecule has 1 unspecified atom stereocenters. The Morgan fingerprint density at radius 1 is 1.57 bits per heavy atom. The van der Waals surface area contributed by atoms with Crippen LogP contribution < -0.4 is 4.72 Å². The van der Waals surface area contributed by atoms with Gasteiger partial charge in [-0.2, -0.15) is 0 Å². The number of thioether (sulfide) groups is 1. The topological polar surface area (TPSA) is 69.6 Å². The maximum Gasteiger partial charge on any atom is 0.242 e. The summed E-state index contributed by atoms with van der Waals surface area (Å²) < 4.78 is 27.2. The van der Waals surface area contributed by atoms with Gasteiger partial charge in [-0.1, -0.05) is 48.6 Å². The first-order valence-corrected chi connectivity index (χ1v) is 9.40. The Morgan fingerprint density at radius 3 is 2.76 bits per heavy atom. The number of aliphatic hydroxyl groups is 1. The van der Waals surface area contributed by atoms with Crippen LogP contribution in [0.4, 0.5) is 0 Å². The van der Waals surface area contributed by atoms with E-state index in [1.54, 1.807) is 24.9 Å². The molecule has 0 saturated carbocycles. The van der Waals surface area contributed by atoms with Crippen molar-refractivity contribution < 1.29 is 13.5 Å². The molecule has 0 aliphatic carbocycles. The fourth-order valence-corrected chi connectivity index (χ4v) is 4.93. The van der Waals surface area contributed by atoms with E-state index in [9.17, 15) is 13.5 Å². The number of nitrogens with zero attached hydrogens (tertiary/aromatic N) is 1. The van der Waals surface area contributed by atoms with Crippen molar-refractivity contribution in [3.8, 4) is 0 Å². The zero-order valence-corrected chi connectivity index (χ0v) is 14.7. The summed E-state index contributed by atoms with van der Waals surface area (Å²) in [5, 5.41) is 10.9. The van der Waals surface area contributed by atoms with Gasteiger partial charge >= 0.3 is 0 Å². The quantitative estimate of drug-likeness (QED) is 0.791. The summed E-state index contributed by atoms with van der Waals surface area (Å²) in [5.74, 6) is 0.338. The third-order valence-corrected chi connectivity index (χ3v) is 6.97. The van der Waals surface area contributed by atoms with Gasteiger partial charge in [-0.25, -0.2) is 13.1 Å². The van der Waals surface area contributed by atoms with Crippen molar-refractivity contribution in [1.82, 2.24) is 9.62 Å². The normalized spacial score (nSPS) is 22.9. The highest BCUT2D eigenvalue weighted by Gasteiger charge is 2.42. The molecule has 1 aliphatic rings. The van der Waals surface area contributed by atoms with Gasteiger partial charge in [0.1, 0.15) is 9.22 Å². The molecule has 0 amide bonds. The first kappa shape index (κ1) is 17.0. The maximum atomic E-state index is 12.1. The number of thiocarbonyl (C=S) groups is 1. The van der Waals surface area contributed by atoms with E-state index in [1.165, 1.54) is 23.9 Å². The molecule has 1 heterocycles. The van der Waals surface area contributed by atoms with E-state index in [0.29, 0.717) is 15.6 Å². The summed E-state index contributed by atoms with van der Waals surface area (Å²) in [6.07, 6.45) is 0. The molecular formula is C12H15ClN2O3S3. The molecule has 9 heteroatoms. The minimum Gasteiger partial charge on any atom is -0.366 e. The highest BCUT2D eigenvalue weighted by molar-refractivity contribution is 8.23. The number of halogens is 1. The predicted molar refractivity (Wildman–Crippen MR) is 89.0 cm³/mol. The molecule has 0 bridgehead atoms. The van der Waals surface area contributed by atoms with Crippen LogP contribution in [0.2, 0.25) is 5.02 Å². The lowest BCUT2D eigenvalue weighted by molar-refractivity contribution is -0.0338. The molecule has 1 aromatic carbocycles. The van der Waals surface area contributed by atoms with E-state index in [4.69, 9.17) is 23.8 Å².